The van der Waals surface area contributed by atoms with Crippen LogP contribution in [-0.2, 0) is 0 Å². The van der Waals surface area contributed by atoms with Crippen LogP contribution in [0.25, 0.3) is 16.3 Å². The summed E-state index contributed by atoms with van der Waals surface area (Å²) in [4.78, 5) is 23.1. The molecule has 13 heteroatoms. The predicted octanol–water partition coefficient (Wildman–Crippen LogP) is 6.25. The Morgan fingerprint density at radius 3 is 2.70 bits per heavy atom. The first-order chi connectivity index (χ1) is 21.2. The summed E-state index contributed by atoms with van der Waals surface area (Å²) in [6.45, 7) is 4.23. The second-order valence-corrected chi connectivity index (χ2v) is 11.7. The number of ether oxygens (including phenoxy) is 1. The maximum atomic E-state index is 14.5. The van der Waals surface area contributed by atoms with Crippen LogP contribution in [0, 0.1) is 24.6 Å². The summed E-state index contributed by atoms with van der Waals surface area (Å²) >= 11 is 2.71. The number of rotatable bonds is 10. The molecular formula is C31H28FN7O3S2. The van der Waals surface area contributed by atoms with Crippen LogP contribution in [0.1, 0.15) is 33.4 Å². The number of aromatic nitrogens is 4. The molecule has 0 spiro atoms. The van der Waals surface area contributed by atoms with Gasteiger partial charge in [-0.05, 0) is 74.5 Å². The van der Waals surface area contributed by atoms with Crippen molar-refractivity contribution in [2.24, 2.45) is 0 Å². The van der Waals surface area contributed by atoms with Gasteiger partial charge in [0.25, 0.3) is 0 Å². The summed E-state index contributed by atoms with van der Waals surface area (Å²) in [6, 6.07) is 14.2. The molecule has 3 heterocycles. The van der Waals surface area contributed by atoms with Gasteiger partial charge in [-0.1, -0.05) is 46.6 Å². The Morgan fingerprint density at radius 1 is 1.16 bits per heavy atom. The van der Waals surface area contributed by atoms with Gasteiger partial charge >= 0.3 is 5.97 Å². The first kappa shape index (κ1) is 30.6. The maximum Gasteiger partial charge on any atom is 0.356 e. The minimum absolute atomic E-state index is 0.0532. The number of anilines is 4. The van der Waals surface area contributed by atoms with Crippen molar-refractivity contribution in [3.63, 3.8) is 0 Å². The van der Waals surface area contributed by atoms with Gasteiger partial charge in [0, 0.05) is 12.6 Å². The van der Waals surface area contributed by atoms with Crippen LogP contribution in [0.5, 0.6) is 5.75 Å². The number of halogens is 1. The number of hydrogen-bond donors (Lipinski definition) is 3. The number of thiazole rings is 2. The highest BCUT2D eigenvalue weighted by molar-refractivity contribution is 7.22. The molecule has 0 aliphatic carbocycles. The van der Waals surface area contributed by atoms with Gasteiger partial charge in [0.15, 0.2) is 39.2 Å². The Kier molecular flexibility index (Phi) is 9.44. The van der Waals surface area contributed by atoms with Gasteiger partial charge in [-0.3, -0.25) is 0 Å². The summed E-state index contributed by atoms with van der Waals surface area (Å²) < 4.78 is 21.2. The number of carbonyl (C=O) groups is 1. The SMILES string of the molecule is CNCC#Cc1ccc(OC/C(C)=C/c2sc(N(C)c3cc(C)c(Nc4nc5ccccc5s4)nn3)nc2C(=O)O)c(F)c1. The number of hydrogen-bond acceptors (Lipinski definition) is 11. The van der Waals surface area contributed by atoms with Crippen molar-refractivity contribution < 1.29 is 19.0 Å². The van der Waals surface area contributed by atoms with Crippen LogP contribution in [0.15, 0.2) is 54.1 Å². The zero-order valence-corrected chi connectivity index (χ0v) is 25.9. The standard InChI is InChI=1S/C31H28FN7O3S2/c1-18(17-42-23-12-11-20(16-21(23)32)8-7-13-33-3)14-25-27(29(40)41)35-31(44-25)39(4)26-15-19(2)28(38-37-26)36-30-34-22-9-5-6-10-24(22)43-30/h5-6,9-12,14-16,33H,13,17H2,1-4H3,(H,40,41)(H,34,36,38)/b18-14+. The minimum atomic E-state index is -1.17. The minimum Gasteiger partial charge on any atom is -0.486 e. The van der Waals surface area contributed by atoms with Gasteiger partial charge < -0.3 is 25.4 Å². The third kappa shape index (κ3) is 7.17. The smallest absolute Gasteiger partial charge is 0.356 e. The van der Waals surface area contributed by atoms with Crippen molar-refractivity contribution in [3.8, 4) is 17.6 Å². The lowest BCUT2D eigenvalue weighted by Gasteiger charge is -2.15. The fraction of sp³-hybridized carbons (Fsp3) is 0.194. The van der Waals surface area contributed by atoms with Gasteiger partial charge in [0.05, 0.1) is 21.6 Å². The normalized spacial score (nSPS) is 11.2. The highest BCUT2D eigenvalue weighted by Crippen LogP contribution is 2.33. The zero-order valence-electron chi connectivity index (χ0n) is 24.3. The first-order valence-corrected chi connectivity index (χ1v) is 15.0. The molecule has 5 aromatic rings. The summed E-state index contributed by atoms with van der Waals surface area (Å²) in [6.07, 6.45) is 1.68. The van der Waals surface area contributed by atoms with Crippen molar-refractivity contribution >= 4 is 66.8 Å². The van der Waals surface area contributed by atoms with Crippen molar-refractivity contribution in [1.82, 2.24) is 25.5 Å². The van der Waals surface area contributed by atoms with E-state index in [0.29, 0.717) is 44.5 Å². The third-order valence-electron chi connectivity index (χ3n) is 6.23. The Bertz CT molecular complexity index is 1890. The van der Waals surface area contributed by atoms with Crippen LogP contribution < -0.4 is 20.3 Å². The quantitative estimate of drug-likeness (QED) is 0.153. The second-order valence-electron chi connectivity index (χ2n) is 9.68. The van der Waals surface area contributed by atoms with E-state index in [1.54, 1.807) is 38.1 Å². The largest absolute Gasteiger partial charge is 0.486 e. The molecule has 0 aliphatic heterocycles. The molecule has 0 radical (unpaired) electrons. The summed E-state index contributed by atoms with van der Waals surface area (Å²) in [5, 5.41) is 25.8. The number of benzene rings is 2. The molecule has 10 nitrogen and oxygen atoms in total. The molecule has 0 unspecified atom stereocenters. The number of carboxylic acid groups (broad SMARTS) is 1. The van der Waals surface area contributed by atoms with Gasteiger partial charge in [-0.15, -0.1) is 10.2 Å². The maximum absolute atomic E-state index is 14.5. The van der Waals surface area contributed by atoms with E-state index in [2.05, 4.69) is 42.6 Å². The molecule has 224 valence electrons. The van der Waals surface area contributed by atoms with Crippen LogP contribution in [0.2, 0.25) is 0 Å². The van der Waals surface area contributed by atoms with E-state index in [-0.39, 0.29) is 18.1 Å². The van der Waals surface area contributed by atoms with Gasteiger partial charge in [-0.25, -0.2) is 19.2 Å². The Hall–Kier alpha value is -4.90. The number of aryl methyl sites for hydroxylation is 1. The molecule has 0 fully saturated rings. The monoisotopic (exact) mass is 629 g/mol. The van der Waals surface area contributed by atoms with Gasteiger partial charge in [0.2, 0.25) is 0 Å². The number of para-hydroxylation sites is 1. The number of aromatic carboxylic acids is 1. The highest BCUT2D eigenvalue weighted by Gasteiger charge is 2.21. The van der Waals surface area contributed by atoms with Crippen LogP contribution in [0.4, 0.5) is 26.3 Å². The zero-order chi connectivity index (χ0) is 31.2. The van der Waals surface area contributed by atoms with Crippen molar-refractivity contribution in [2.45, 2.75) is 13.8 Å². The van der Waals surface area contributed by atoms with Crippen LogP contribution >= 0.6 is 22.7 Å². The third-order valence-corrected chi connectivity index (χ3v) is 8.26. The molecule has 3 aromatic heterocycles. The highest BCUT2D eigenvalue weighted by atomic mass is 32.1. The molecule has 44 heavy (non-hydrogen) atoms. The molecule has 5 rings (SSSR count). The Balaban J connectivity index is 1.29. The van der Waals surface area contributed by atoms with Gasteiger partial charge in [0.1, 0.15) is 6.61 Å². The summed E-state index contributed by atoms with van der Waals surface area (Å²) in [5.41, 5.74) is 2.85. The first-order valence-electron chi connectivity index (χ1n) is 13.4. The molecule has 0 saturated carbocycles. The van der Waals surface area contributed by atoms with E-state index < -0.39 is 11.8 Å². The fourth-order valence-electron chi connectivity index (χ4n) is 3.99. The lowest BCUT2D eigenvalue weighted by atomic mass is 10.2. The van der Waals surface area contributed by atoms with Crippen LogP contribution in [-0.4, -0.2) is 58.5 Å². The lowest BCUT2D eigenvalue weighted by Crippen LogP contribution is -2.13. The summed E-state index contributed by atoms with van der Waals surface area (Å²) in [5.74, 6) is 5.20. The van der Waals surface area contributed by atoms with E-state index >= 15 is 0 Å². The fourth-order valence-corrected chi connectivity index (χ4v) is 5.90. The molecule has 3 N–H and O–H groups in total. The molecular weight excluding hydrogens is 602 g/mol. The molecule has 0 amide bonds. The molecule has 0 saturated heterocycles. The second kappa shape index (κ2) is 13.6. The van der Waals surface area contributed by atoms with E-state index in [0.717, 1.165) is 15.8 Å². The van der Waals surface area contributed by atoms with Crippen molar-refractivity contribution in [1.29, 1.82) is 0 Å². The molecule has 0 atom stereocenters. The van der Waals surface area contributed by atoms with Crippen molar-refractivity contribution in [3.05, 3.63) is 81.6 Å². The molecule has 2 aromatic carbocycles. The predicted molar refractivity (Wildman–Crippen MR) is 173 cm³/mol. The molecule has 0 bridgehead atoms. The number of carboxylic acids is 1. The van der Waals surface area contributed by atoms with Gasteiger partial charge in [-0.2, -0.15) is 0 Å². The van der Waals surface area contributed by atoms with Crippen molar-refractivity contribution in [2.75, 3.05) is 37.5 Å². The van der Waals surface area contributed by atoms with E-state index in [4.69, 9.17) is 4.74 Å². The lowest BCUT2D eigenvalue weighted by molar-refractivity contribution is 0.0691. The average molecular weight is 630 g/mol. The van der Waals surface area contributed by atoms with Crippen LogP contribution in [0.3, 0.4) is 0 Å². The van der Waals surface area contributed by atoms with E-state index in [1.165, 1.54) is 34.8 Å². The van der Waals surface area contributed by atoms with E-state index in [1.807, 2.05) is 37.3 Å². The summed E-state index contributed by atoms with van der Waals surface area (Å²) in [7, 11) is 3.53. The Morgan fingerprint density at radius 2 is 1.98 bits per heavy atom. The average Bonchev–Trinajstić information content (AvgIpc) is 3.61. The number of nitrogens with one attached hydrogen (secondary N) is 2. The van der Waals surface area contributed by atoms with E-state index in [9.17, 15) is 14.3 Å². The number of nitrogens with zero attached hydrogens (tertiary/aromatic N) is 5. The topological polar surface area (TPSA) is 125 Å². The number of fused-ring (bicyclic) bond motifs is 1. The Labute approximate surface area is 261 Å². The molecule has 0 aliphatic rings.